The van der Waals surface area contributed by atoms with Crippen molar-refractivity contribution in [3.8, 4) is 6.07 Å². The molecule has 3 aromatic heterocycles. The number of pyridine rings is 2. The number of likely N-dealkylation sites (tertiary alicyclic amines) is 1. The number of nitriles is 1. The first-order valence-corrected chi connectivity index (χ1v) is 8.75. The van der Waals surface area contributed by atoms with E-state index in [1.165, 1.54) is 0 Å². The molecule has 0 bridgehead atoms. The van der Waals surface area contributed by atoms with E-state index in [-0.39, 0.29) is 5.92 Å². The smallest absolute Gasteiger partial charge is 0.161 e. The summed E-state index contributed by atoms with van der Waals surface area (Å²) in [6, 6.07) is 5.82. The molecule has 1 saturated heterocycles. The summed E-state index contributed by atoms with van der Waals surface area (Å²) < 4.78 is 22.4. The van der Waals surface area contributed by atoms with E-state index in [2.05, 4.69) is 15.0 Å². The van der Waals surface area contributed by atoms with Crippen LogP contribution in [0.4, 0.5) is 0 Å². The zero-order valence-electron chi connectivity index (χ0n) is 12.7. The van der Waals surface area contributed by atoms with Crippen molar-refractivity contribution >= 4 is 33.0 Å². The predicted octanol–water partition coefficient (Wildman–Crippen LogP) is 1.63. The maximum Gasteiger partial charge on any atom is 0.161 e. The Balaban J connectivity index is 1.74. The summed E-state index contributed by atoms with van der Waals surface area (Å²) >= 11 is -2.42. The van der Waals surface area contributed by atoms with Gasteiger partial charge in [-0.25, -0.2) is 9.97 Å². The Morgan fingerprint density at radius 1 is 1.46 bits per heavy atom. The molecule has 0 aromatic carbocycles. The molecular formula is C16H14N5O2S-. The van der Waals surface area contributed by atoms with Gasteiger partial charge in [0.15, 0.2) is 11.0 Å². The van der Waals surface area contributed by atoms with Gasteiger partial charge in [0, 0.05) is 42.2 Å². The fourth-order valence-electron chi connectivity index (χ4n) is 3.47. The van der Waals surface area contributed by atoms with Crippen molar-refractivity contribution in [2.24, 2.45) is 0 Å². The molecule has 3 unspecified atom stereocenters. The van der Waals surface area contributed by atoms with Crippen molar-refractivity contribution in [2.45, 2.75) is 17.7 Å². The fraction of sp³-hybridized carbons (Fsp3) is 0.312. The Kier molecular flexibility index (Phi) is 3.76. The molecule has 8 heteroatoms. The van der Waals surface area contributed by atoms with Gasteiger partial charge < -0.3 is 9.54 Å². The van der Waals surface area contributed by atoms with Gasteiger partial charge in [-0.2, -0.15) is 5.26 Å². The number of hydrogen-bond acceptors (Lipinski definition) is 6. The highest BCUT2D eigenvalue weighted by Gasteiger charge is 2.31. The van der Waals surface area contributed by atoms with Crippen molar-refractivity contribution in [3.63, 3.8) is 0 Å². The maximum absolute atomic E-state index is 11.2. The van der Waals surface area contributed by atoms with Gasteiger partial charge in [0.2, 0.25) is 0 Å². The molecule has 1 aliphatic rings. The minimum absolute atomic E-state index is 0.141. The molecule has 4 rings (SSSR count). The molecule has 1 N–H and O–H groups in total. The Labute approximate surface area is 140 Å². The highest BCUT2D eigenvalue weighted by atomic mass is 32.2. The lowest BCUT2D eigenvalue weighted by molar-refractivity contribution is 0.333. The van der Waals surface area contributed by atoms with Crippen molar-refractivity contribution in [1.29, 1.82) is 5.26 Å². The molecule has 3 aromatic rings. The molecule has 0 spiro atoms. The Morgan fingerprint density at radius 2 is 2.29 bits per heavy atom. The Morgan fingerprint density at radius 3 is 3.08 bits per heavy atom. The van der Waals surface area contributed by atoms with E-state index in [1.54, 1.807) is 11.1 Å². The second-order valence-corrected chi connectivity index (χ2v) is 6.86. The van der Waals surface area contributed by atoms with Gasteiger partial charge in [-0.05, 0) is 29.1 Å². The van der Waals surface area contributed by atoms with Crippen molar-refractivity contribution < 1.29 is 8.76 Å². The van der Waals surface area contributed by atoms with Crippen molar-refractivity contribution in [3.05, 3.63) is 36.3 Å². The Hall–Kier alpha value is -2.34. The lowest BCUT2D eigenvalue weighted by Crippen LogP contribution is -2.35. The summed E-state index contributed by atoms with van der Waals surface area (Å²) in [6.45, 7) is 1.10. The number of rotatable bonds is 3. The zero-order chi connectivity index (χ0) is 16.7. The topological polar surface area (TPSA) is 109 Å². The highest BCUT2D eigenvalue weighted by Crippen LogP contribution is 2.35. The van der Waals surface area contributed by atoms with Crippen LogP contribution in [0.25, 0.3) is 21.9 Å². The van der Waals surface area contributed by atoms with Crippen LogP contribution >= 0.6 is 0 Å². The first kappa shape index (κ1) is 15.2. The minimum atomic E-state index is -2.42. The van der Waals surface area contributed by atoms with Crippen molar-refractivity contribution in [2.75, 3.05) is 13.1 Å². The van der Waals surface area contributed by atoms with E-state index in [4.69, 9.17) is 5.26 Å². The standard InChI is InChI=1S/C16H15N5O2S/c17-6-14(24(22)23)21-5-3-10(9-21)12-7-19-16-15(12)11-2-1-4-18-13(11)8-20-16/h1-2,4,7-8,10,14,18H,3,5,9H2,(H,22,23)/p-1. The third-order valence-electron chi connectivity index (χ3n) is 4.60. The van der Waals surface area contributed by atoms with E-state index in [1.807, 2.05) is 30.6 Å². The number of H-pyrrole nitrogens is 1. The number of hydrogen-bond donors (Lipinski definition) is 1. The van der Waals surface area contributed by atoms with Crippen molar-refractivity contribution in [1.82, 2.24) is 19.9 Å². The molecule has 0 radical (unpaired) electrons. The van der Waals surface area contributed by atoms with Crippen LogP contribution in [-0.4, -0.2) is 47.1 Å². The summed E-state index contributed by atoms with van der Waals surface area (Å²) in [6.07, 6.45) is 6.24. The summed E-state index contributed by atoms with van der Waals surface area (Å²) in [4.78, 5) is 13.7. The molecule has 1 fully saturated rings. The number of aromatic nitrogens is 3. The first-order valence-electron chi connectivity index (χ1n) is 7.61. The zero-order valence-corrected chi connectivity index (χ0v) is 13.5. The van der Waals surface area contributed by atoms with Crippen LogP contribution in [0, 0.1) is 11.3 Å². The monoisotopic (exact) mass is 340 g/mol. The largest absolute Gasteiger partial charge is 0.770 e. The van der Waals surface area contributed by atoms with Crippen LogP contribution in [0.1, 0.15) is 17.9 Å². The molecule has 24 heavy (non-hydrogen) atoms. The summed E-state index contributed by atoms with van der Waals surface area (Å²) in [5, 5.41) is 10.0. The average Bonchev–Trinajstić information content (AvgIpc) is 3.21. The maximum atomic E-state index is 11.2. The van der Waals surface area contributed by atoms with E-state index < -0.39 is 16.5 Å². The molecule has 0 aliphatic carbocycles. The molecule has 3 atom stereocenters. The minimum Gasteiger partial charge on any atom is -0.770 e. The number of fused-ring (bicyclic) bond motifs is 3. The molecule has 4 heterocycles. The van der Waals surface area contributed by atoms with E-state index >= 15 is 0 Å². The number of aromatic amines is 1. The fourth-order valence-corrected chi connectivity index (χ4v) is 3.99. The van der Waals surface area contributed by atoms with Crippen LogP contribution < -0.4 is 0 Å². The second kappa shape index (κ2) is 5.94. The highest BCUT2D eigenvalue weighted by molar-refractivity contribution is 7.80. The third-order valence-corrected chi connectivity index (χ3v) is 5.36. The molecule has 0 amide bonds. The second-order valence-electron chi connectivity index (χ2n) is 5.89. The third kappa shape index (κ3) is 2.38. The Bertz CT molecular complexity index is 979. The quantitative estimate of drug-likeness (QED) is 0.726. The normalized spacial score (nSPS) is 21.1. The lowest BCUT2D eigenvalue weighted by Gasteiger charge is -2.23. The lowest BCUT2D eigenvalue weighted by atomic mass is 9.97. The van der Waals surface area contributed by atoms with E-state index in [0.29, 0.717) is 18.7 Å². The van der Waals surface area contributed by atoms with Crippen LogP contribution in [0.2, 0.25) is 0 Å². The van der Waals surface area contributed by atoms with Gasteiger partial charge in [0.25, 0.3) is 0 Å². The summed E-state index contributed by atoms with van der Waals surface area (Å²) in [5.41, 5.74) is 2.70. The summed E-state index contributed by atoms with van der Waals surface area (Å²) in [5.74, 6) is 0.141. The van der Waals surface area contributed by atoms with Gasteiger partial charge >= 0.3 is 0 Å². The SMILES string of the molecule is N#CC(N1CCC(c2cnc3ncc4[nH]cccc4c23)C1)S(=O)[O-]. The van der Waals surface area contributed by atoms with Crippen LogP contribution in [0.5, 0.6) is 0 Å². The summed E-state index contributed by atoms with van der Waals surface area (Å²) in [7, 11) is 0. The van der Waals surface area contributed by atoms with Gasteiger partial charge in [0.1, 0.15) is 0 Å². The average molecular weight is 340 g/mol. The number of nitrogens with zero attached hydrogens (tertiary/aromatic N) is 4. The van der Waals surface area contributed by atoms with Gasteiger partial charge in [-0.15, -0.1) is 0 Å². The van der Waals surface area contributed by atoms with Crippen LogP contribution in [-0.2, 0) is 11.1 Å². The van der Waals surface area contributed by atoms with Crippen LogP contribution in [0.15, 0.2) is 30.7 Å². The predicted molar refractivity (Wildman–Crippen MR) is 88.6 cm³/mol. The van der Waals surface area contributed by atoms with Gasteiger partial charge in [-0.1, -0.05) is 6.07 Å². The molecule has 122 valence electrons. The number of nitrogens with one attached hydrogen (secondary N) is 1. The molecular weight excluding hydrogens is 326 g/mol. The van der Waals surface area contributed by atoms with E-state index in [0.717, 1.165) is 28.3 Å². The van der Waals surface area contributed by atoms with Gasteiger partial charge in [-0.3, -0.25) is 9.11 Å². The van der Waals surface area contributed by atoms with Crippen LogP contribution in [0.3, 0.4) is 0 Å². The van der Waals surface area contributed by atoms with E-state index in [9.17, 15) is 8.76 Å². The molecule has 0 saturated carbocycles. The first-order chi connectivity index (χ1) is 11.7. The van der Waals surface area contributed by atoms with Gasteiger partial charge in [0.05, 0.1) is 17.8 Å². The molecule has 7 nitrogen and oxygen atoms in total. The molecule has 1 aliphatic heterocycles.